The molecule has 0 saturated carbocycles. The third-order valence-corrected chi connectivity index (χ3v) is 3.15. The van der Waals surface area contributed by atoms with E-state index in [2.05, 4.69) is 11.1 Å². The van der Waals surface area contributed by atoms with E-state index in [9.17, 15) is 9.59 Å². The number of aromatic carboxylic acids is 1. The molecule has 0 aromatic carbocycles. The van der Waals surface area contributed by atoms with Crippen LogP contribution in [-0.2, 0) is 0 Å². The van der Waals surface area contributed by atoms with Crippen LogP contribution in [0.15, 0.2) is 23.8 Å². The van der Waals surface area contributed by atoms with Crippen LogP contribution in [0.1, 0.15) is 39.9 Å². The van der Waals surface area contributed by atoms with Crippen LogP contribution in [0.5, 0.6) is 0 Å². The first-order valence-electron chi connectivity index (χ1n) is 6.15. The molecule has 5 nitrogen and oxygen atoms in total. The second-order valence-corrected chi connectivity index (χ2v) is 4.70. The average Bonchev–Trinajstić information content (AvgIpc) is 2.37. The van der Waals surface area contributed by atoms with E-state index in [0.717, 1.165) is 6.42 Å². The predicted octanol–water partition coefficient (Wildman–Crippen LogP) is 1.88. The van der Waals surface area contributed by atoms with Crippen molar-refractivity contribution in [1.29, 1.82) is 0 Å². The van der Waals surface area contributed by atoms with Gasteiger partial charge in [-0.15, -0.1) is 0 Å². The highest BCUT2D eigenvalue weighted by molar-refractivity contribution is 5.94. The van der Waals surface area contributed by atoms with Gasteiger partial charge in [0, 0.05) is 13.1 Å². The Labute approximate surface area is 111 Å². The number of carbonyl (C=O) groups excluding carboxylic acids is 1. The number of aryl methyl sites for hydroxylation is 1. The number of aromatic nitrogens is 1. The lowest BCUT2D eigenvalue weighted by Crippen LogP contribution is -2.36. The minimum Gasteiger partial charge on any atom is -0.478 e. The molecule has 1 aromatic rings. The van der Waals surface area contributed by atoms with Crippen LogP contribution in [0, 0.1) is 6.92 Å². The highest BCUT2D eigenvalue weighted by Crippen LogP contribution is 2.14. The van der Waals surface area contributed by atoms with Crippen LogP contribution in [0.3, 0.4) is 0 Å². The summed E-state index contributed by atoms with van der Waals surface area (Å²) in [5, 5.41) is 8.94. The third kappa shape index (κ3) is 2.81. The van der Waals surface area contributed by atoms with Gasteiger partial charge in [0.15, 0.2) is 0 Å². The Morgan fingerprint density at radius 3 is 2.63 bits per heavy atom. The largest absolute Gasteiger partial charge is 0.478 e. The summed E-state index contributed by atoms with van der Waals surface area (Å²) in [6.45, 7) is 4.88. The summed E-state index contributed by atoms with van der Waals surface area (Å²) in [7, 11) is 0. The molecule has 100 valence electrons. The van der Waals surface area contributed by atoms with Crippen LogP contribution in [0.25, 0.3) is 0 Å². The summed E-state index contributed by atoms with van der Waals surface area (Å²) >= 11 is 0. The maximum Gasteiger partial charge on any atom is 0.337 e. The molecule has 2 heterocycles. The van der Waals surface area contributed by atoms with Crippen LogP contribution in [0.2, 0.25) is 0 Å². The van der Waals surface area contributed by atoms with Crippen molar-refractivity contribution in [3.63, 3.8) is 0 Å². The number of pyridine rings is 1. The molecule has 0 saturated heterocycles. The van der Waals surface area contributed by atoms with Gasteiger partial charge in [0.2, 0.25) is 0 Å². The molecule has 1 N–H and O–H groups in total. The van der Waals surface area contributed by atoms with Crippen LogP contribution >= 0.6 is 0 Å². The van der Waals surface area contributed by atoms with Gasteiger partial charge in [0.25, 0.3) is 5.91 Å². The van der Waals surface area contributed by atoms with Gasteiger partial charge in [-0.05, 0) is 32.4 Å². The van der Waals surface area contributed by atoms with Gasteiger partial charge in [-0.3, -0.25) is 4.79 Å². The molecule has 0 unspecified atom stereocenters. The molecular weight excluding hydrogens is 244 g/mol. The monoisotopic (exact) mass is 260 g/mol. The zero-order valence-electron chi connectivity index (χ0n) is 11.0. The van der Waals surface area contributed by atoms with Gasteiger partial charge in [-0.2, -0.15) is 0 Å². The van der Waals surface area contributed by atoms with Crippen molar-refractivity contribution >= 4 is 11.9 Å². The Morgan fingerprint density at radius 2 is 2.05 bits per heavy atom. The van der Waals surface area contributed by atoms with Crippen LogP contribution in [-0.4, -0.2) is 40.0 Å². The van der Waals surface area contributed by atoms with E-state index in [0.29, 0.717) is 24.5 Å². The molecule has 0 bridgehead atoms. The molecule has 1 aliphatic heterocycles. The summed E-state index contributed by atoms with van der Waals surface area (Å²) in [5.41, 5.74) is 1.96. The summed E-state index contributed by atoms with van der Waals surface area (Å²) in [5.74, 6) is -1.17. The van der Waals surface area contributed by atoms with E-state index in [-0.39, 0.29) is 11.5 Å². The summed E-state index contributed by atoms with van der Waals surface area (Å²) < 4.78 is 0. The Morgan fingerprint density at radius 1 is 1.32 bits per heavy atom. The Hall–Kier alpha value is -2.17. The van der Waals surface area contributed by atoms with Crippen LogP contribution < -0.4 is 0 Å². The molecule has 0 fully saturated rings. The van der Waals surface area contributed by atoms with Crippen molar-refractivity contribution in [2.24, 2.45) is 0 Å². The highest BCUT2D eigenvalue weighted by atomic mass is 16.4. The van der Waals surface area contributed by atoms with Crippen molar-refractivity contribution in [2.45, 2.75) is 20.3 Å². The average molecular weight is 260 g/mol. The lowest BCUT2D eigenvalue weighted by atomic mass is 10.1. The summed E-state index contributed by atoms with van der Waals surface area (Å²) in [6.07, 6.45) is 2.97. The quantitative estimate of drug-likeness (QED) is 0.824. The van der Waals surface area contributed by atoms with Crippen molar-refractivity contribution in [3.05, 3.63) is 40.7 Å². The molecule has 1 aliphatic rings. The number of hydrogen-bond donors (Lipinski definition) is 1. The van der Waals surface area contributed by atoms with E-state index >= 15 is 0 Å². The number of nitrogens with zero attached hydrogens (tertiary/aromatic N) is 2. The van der Waals surface area contributed by atoms with Crippen molar-refractivity contribution in [1.82, 2.24) is 9.88 Å². The minimum atomic E-state index is -1.03. The number of hydrogen-bond acceptors (Lipinski definition) is 3. The molecule has 0 radical (unpaired) electrons. The number of rotatable bonds is 2. The summed E-state index contributed by atoms with van der Waals surface area (Å²) in [4.78, 5) is 29.0. The van der Waals surface area contributed by atoms with Gasteiger partial charge in [-0.25, -0.2) is 9.78 Å². The fourth-order valence-corrected chi connectivity index (χ4v) is 2.15. The second kappa shape index (κ2) is 5.22. The normalized spacial score (nSPS) is 15.1. The van der Waals surface area contributed by atoms with Gasteiger partial charge in [0.05, 0.1) is 11.3 Å². The number of carboxylic acids is 1. The first-order valence-corrected chi connectivity index (χ1v) is 6.15. The zero-order valence-corrected chi connectivity index (χ0v) is 11.0. The fourth-order valence-electron chi connectivity index (χ4n) is 2.15. The summed E-state index contributed by atoms with van der Waals surface area (Å²) in [6, 6.07) is 2.91. The maximum atomic E-state index is 12.3. The SMILES string of the molecule is CC1=CCCN(C(=O)c2ccc(C(=O)O)c(C)n2)C1. The molecule has 1 amide bonds. The van der Waals surface area contributed by atoms with Crippen LogP contribution in [0.4, 0.5) is 0 Å². The fraction of sp³-hybridized carbons (Fsp3) is 0.357. The minimum absolute atomic E-state index is 0.131. The zero-order chi connectivity index (χ0) is 14.0. The first-order chi connectivity index (χ1) is 8.99. The number of carbonyl (C=O) groups is 2. The lowest BCUT2D eigenvalue weighted by Gasteiger charge is -2.26. The molecule has 2 rings (SSSR count). The molecule has 0 spiro atoms. The van der Waals surface area contributed by atoms with E-state index in [1.165, 1.54) is 17.7 Å². The maximum absolute atomic E-state index is 12.3. The molecule has 0 atom stereocenters. The predicted molar refractivity (Wildman–Crippen MR) is 70.2 cm³/mol. The Kier molecular flexibility index (Phi) is 3.64. The Balaban J connectivity index is 2.23. The van der Waals surface area contributed by atoms with Gasteiger partial charge in [-0.1, -0.05) is 11.6 Å². The molecule has 1 aromatic heterocycles. The second-order valence-electron chi connectivity index (χ2n) is 4.70. The smallest absolute Gasteiger partial charge is 0.337 e. The number of carboxylic acid groups (broad SMARTS) is 1. The Bertz CT molecular complexity index is 564. The molecule has 19 heavy (non-hydrogen) atoms. The number of amides is 1. The topological polar surface area (TPSA) is 70.5 Å². The molecule has 5 heteroatoms. The van der Waals surface area contributed by atoms with E-state index < -0.39 is 5.97 Å². The van der Waals surface area contributed by atoms with E-state index in [1.54, 1.807) is 11.8 Å². The molecule has 0 aliphatic carbocycles. The van der Waals surface area contributed by atoms with Gasteiger partial charge in [0.1, 0.15) is 5.69 Å². The highest BCUT2D eigenvalue weighted by Gasteiger charge is 2.20. The van der Waals surface area contributed by atoms with Crippen molar-refractivity contribution < 1.29 is 14.7 Å². The van der Waals surface area contributed by atoms with Crippen molar-refractivity contribution in [2.75, 3.05) is 13.1 Å². The van der Waals surface area contributed by atoms with E-state index in [1.807, 2.05) is 6.92 Å². The van der Waals surface area contributed by atoms with E-state index in [4.69, 9.17) is 5.11 Å². The standard InChI is InChI=1S/C14H16N2O3/c1-9-4-3-7-16(8-9)13(17)12-6-5-11(14(18)19)10(2)15-12/h4-6H,3,7-8H2,1-2H3,(H,18,19). The third-order valence-electron chi connectivity index (χ3n) is 3.15. The van der Waals surface area contributed by atoms with Gasteiger partial charge >= 0.3 is 5.97 Å². The molecular formula is C14H16N2O3. The van der Waals surface area contributed by atoms with Gasteiger partial charge < -0.3 is 10.0 Å². The first kappa shape index (κ1) is 13.3. The van der Waals surface area contributed by atoms with Crippen molar-refractivity contribution in [3.8, 4) is 0 Å². The lowest BCUT2D eigenvalue weighted by molar-refractivity contribution is 0.0692.